The van der Waals surface area contributed by atoms with Crippen LogP contribution in [0.5, 0.6) is 5.75 Å². The van der Waals surface area contributed by atoms with Crippen LogP contribution in [0.25, 0.3) is 0 Å². The minimum absolute atomic E-state index is 0.544. The van der Waals surface area contributed by atoms with Crippen LogP contribution in [0.15, 0.2) is 30.5 Å². The highest BCUT2D eigenvalue weighted by Crippen LogP contribution is 2.12. The summed E-state index contributed by atoms with van der Waals surface area (Å²) in [5.41, 5.74) is 1.23. The lowest BCUT2D eigenvalue weighted by molar-refractivity contribution is 0.414. The van der Waals surface area contributed by atoms with E-state index in [1.807, 2.05) is 12.1 Å². The predicted molar refractivity (Wildman–Crippen MR) is 88.3 cm³/mol. The molecular weight excluding hydrogens is 278 g/mol. The van der Waals surface area contributed by atoms with Crippen molar-refractivity contribution in [1.82, 2.24) is 15.2 Å². The number of rotatable bonds is 8. The summed E-state index contributed by atoms with van der Waals surface area (Å²) in [5.74, 6) is 2.72. The second kappa shape index (κ2) is 8.17. The van der Waals surface area contributed by atoms with E-state index in [9.17, 15) is 0 Å². The van der Waals surface area contributed by atoms with Gasteiger partial charge in [-0.2, -0.15) is 10.1 Å². The zero-order chi connectivity index (χ0) is 15.8. The van der Waals surface area contributed by atoms with Crippen molar-refractivity contribution in [2.45, 2.75) is 20.3 Å². The van der Waals surface area contributed by atoms with E-state index in [0.717, 1.165) is 31.1 Å². The Bertz CT molecular complexity index is 571. The smallest absolute Gasteiger partial charge is 0.244 e. The standard InChI is InChI=1S/C16H23N5O/c1-12(2)10-18-15-11-19-21-16(20-15)17-9-8-13-4-6-14(22-3)7-5-13/h4-7,11-12H,8-10H2,1-3H3,(H2,17,18,20,21). The first-order valence-corrected chi connectivity index (χ1v) is 7.48. The number of benzene rings is 1. The lowest BCUT2D eigenvalue weighted by atomic mass is 10.1. The molecule has 0 unspecified atom stereocenters. The Kier molecular flexibility index (Phi) is 5.94. The van der Waals surface area contributed by atoms with E-state index in [0.29, 0.717) is 11.9 Å². The first-order chi connectivity index (χ1) is 10.7. The van der Waals surface area contributed by atoms with E-state index in [4.69, 9.17) is 4.74 Å². The lowest BCUT2D eigenvalue weighted by Crippen LogP contribution is -2.13. The summed E-state index contributed by atoms with van der Waals surface area (Å²) in [7, 11) is 1.67. The Morgan fingerprint density at radius 2 is 1.91 bits per heavy atom. The van der Waals surface area contributed by atoms with E-state index in [2.05, 4.69) is 51.8 Å². The fraction of sp³-hybridized carbons (Fsp3) is 0.438. The molecule has 118 valence electrons. The SMILES string of the molecule is COc1ccc(CCNc2nncc(NCC(C)C)n2)cc1. The van der Waals surface area contributed by atoms with Crippen LogP contribution in [0.3, 0.4) is 0 Å². The van der Waals surface area contributed by atoms with Crippen molar-refractivity contribution in [3.63, 3.8) is 0 Å². The molecule has 0 aliphatic carbocycles. The molecule has 0 bridgehead atoms. The van der Waals surface area contributed by atoms with Crippen LogP contribution < -0.4 is 15.4 Å². The Morgan fingerprint density at radius 3 is 2.59 bits per heavy atom. The van der Waals surface area contributed by atoms with Gasteiger partial charge in [-0.05, 0) is 30.0 Å². The second-order valence-corrected chi connectivity index (χ2v) is 5.46. The monoisotopic (exact) mass is 301 g/mol. The minimum Gasteiger partial charge on any atom is -0.497 e. The Labute approximate surface area is 131 Å². The summed E-state index contributed by atoms with van der Waals surface area (Å²) in [6, 6.07) is 8.04. The van der Waals surface area contributed by atoms with Gasteiger partial charge in [-0.3, -0.25) is 0 Å². The van der Waals surface area contributed by atoms with Crippen molar-refractivity contribution in [3.8, 4) is 5.75 Å². The van der Waals surface area contributed by atoms with Crippen molar-refractivity contribution in [1.29, 1.82) is 0 Å². The van der Waals surface area contributed by atoms with Gasteiger partial charge >= 0.3 is 0 Å². The molecule has 22 heavy (non-hydrogen) atoms. The Hall–Kier alpha value is -2.37. The number of aromatic nitrogens is 3. The molecule has 6 heteroatoms. The molecule has 0 aliphatic heterocycles. The highest BCUT2D eigenvalue weighted by Gasteiger charge is 2.01. The molecular formula is C16H23N5O. The molecule has 0 spiro atoms. The third-order valence-electron chi connectivity index (χ3n) is 3.11. The van der Waals surface area contributed by atoms with Gasteiger partial charge in [0.05, 0.1) is 13.3 Å². The summed E-state index contributed by atoms with van der Waals surface area (Å²) in [6.45, 7) is 5.91. The predicted octanol–water partition coefficient (Wildman–Crippen LogP) is 2.60. The van der Waals surface area contributed by atoms with Gasteiger partial charge < -0.3 is 15.4 Å². The molecule has 6 nitrogen and oxygen atoms in total. The van der Waals surface area contributed by atoms with Crippen LogP contribution in [0.4, 0.5) is 11.8 Å². The van der Waals surface area contributed by atoms with Crippen LogP contribution in [-0.2, 0) is 6.42 Å². The van der Waals surface area contributed by atoms with Crippen molar-refractivity contribution < 1.29 is 4.74 Å². The molecule has 0 aliphatic rings. The third kappa shape index (κ3) is 5.20. The zero-order valence-electron chi connectivity index (χ0n) is 13.3. The summed E-state index contributed by atoms with van der Waals surface area (Å²) in [6.07, 6.45) is 2.52. The van der Waals surface area contributed by atoms with Gasteiger partial charge in [0.1, 0.15) is 5.75 Å². The summed E-state index contributed by atoms with van der Waals surface area (Å²) < 4.78 is 5.14. The van der Waals surface area contributed by atoms with Gasteiger partial charge in [0, 0.05) is 13.1 Å². The van der Waals surface area contributed by atoms with Crippen LogP contribution >= 0.6 is 0 Å². The van der Waals surface area contributed by atoms with Gasteiger partial charge in [-0.1, -0.05) is 26.0 Å². The molecule has 0 atom stereocenters. The Morgan fingerprint density at radius 1 is 1.14 bits per heavy atom. The first-order valence-electron chi connectivity index (χ1n) is 7.48. The lowest BCUT2D eigenvalue weighted by Gasteiger charge is -2.09. The molecule has 0 fully saturated rings. The number of hydrogen-bond donors (Lipinski definition) is 2. The Balaban J connectivity index is 1.81. The summed E-state index contributed by atoms with van der Waals surface area (Å²) >= 11 is 0. The maximum atomic E-state index is 5.14. The van der Waals surface area contributed by atoms with Crippen molar-refractivity contribution in [3.05, 3.63) is 36.0 Å². The fourth-order valence-electron chi connectivity index (χ4n) is 1.88. The molecule has 1 heterocycles. The molecule has 2 rings (SSSR count). The van der Waals surface area contributed by atoms with Gasteiger partial charge in [-0.15, -0.1) is 5.10 Å². The molecule has 2 N–H and O–H groups in total. The molecule has 2 aromatic rings. The maximum Gasteiger partial charge on any atom is 0.244 e. The molecule has 0 amide bonds. The van der Waals surface area contributed by atoms with Gasteiger partial charge in [0.15, 0.2) is 5.82 Å². The minimum atomic E-state index is 0.544. The molecule has 1 aromatic carbocycles. The molecule has 0 saturated carbocycles. The first kappa shape index (κ1) is 16.0. The zero-order valence-corrected chi connectivity index (χ0v) is 13.3. The van der Waals surface area contributed by atoms with Crippen LogP contribution in [0, 0.1) is 5.92 Å². The topological polar surface area (TPSA) is 72.0 Å². The fourth-order valence-corrected chi connectivity index (χ4v) is 1.88. The van der Waals surface area contributed by atoms with Crippen molar-refractivity contribution in [2.24, 2.45) is 5.92 Å². The second-order valence-electron chi connectivity index (χ2n) is 5.46. The normalized spacial score (nSPS) is 10.5. The van der Waals surface area contributed by atoms with Crippen molar-refractivity contribution in [2.75, 3.05) is 30.8 Å². The van der Waals surface area contributed by atoms with Crippen LogP contribution in [-0.4, -0.2) is 35.4 Å². The van der Waals surface area contributed by atoms with E-state index in [1.165, 1.54) is 5.56 Å². The van der Waals surface area contributed by atoms with E-state index in [-0.39, 0.29) is 0 Å². The number of hydrogen-bond acceptors (Lipinski definition) is 6. The number of nitrogens with zero attached hydrogens (tertiary/aromatic N) is 3. The summed E-state index contributed by atoms with van der Waals surface area (Å²) in [5, 5.41) is 14.4. The maximum absolute atomic E-state index is 5.14. The highest BCUT2D eigenvalue weighted by molar-refractivity contribution is 5.37. The van der Waals surface area contributed by atoms with Gasteiger partial charge in [-0.25, -0.2) is 0 Å². The average molecular weight is 301 g/mol. The number of nitrogens with one attached hydrogen (secondary N) is 2. The summed E-state index contributed by atoms with van der Waals surface area (Å²) in [4.78, 5) is 4.39. The van der Waals surface area contributed by atoms with Gasteiger partial charge in [0.2, 0.25) is 5.95 Å². The van der Waals surface area contributed by atoms with Crippen molar-refractivity contribution >= 4 is 11.8 Å². The highest BCUT2D eigenvalue weighted by atomic mass is 16.5. The number of methoxy groups -OCH3 is 1. The number of ether oxygens (including phenoxy) is 1. The van der Waals surface area contributed by atoms with Crippen LogP contribution in [0.1, 0.15) is 19.4 Å². The van der Waals surface area contributed by atoms with Crippen LogP contribution in [0.2, 0.25) is 0 Å². The quantitative estimate of drug-likeness (QED) is 0.781. The molecule has 1 aromatic heterocycles. The largest absolute Gasteiger partial charge is 0.497 e. The van der Waals surface area contributed by atoms with E-state index in [1.54, 1.807) is 13.3 Å². The third-order valence-corrected chi connectivity index (χ3v) is 3.11. The van der Waals surface area contributed by atoms with E-state index < -0.39 is 0 Å². The average Bonchev–Trinajstić information content (AvgIpc) is 2.54. The number of anilines is 2. The van der Waals surface area contributed by atoms with E-state index >= 15 is 0 Å². The molecule has 0 radical (unpaired) electrons. The molecule has 0 saturated heterocycles. The van der Waals surface area contributed by atoms with Gasteiger partial charge in [0.25, 0.3) is 0 Å².